The Hall–Kier alpha value is -2.21. The lowest BCUT2D eigenvalue weighted by Crippen LogP contribution is -1.98. The van der Waals surface area contributed by atoms with Crippen molar-refractivity contribution in [2.24, 2.45) is 0 Å². The van der Waals surface area contributed by atoms with Crippen LogP contribution in [0.1, 0.15) is 10.4 Å². The maximum Gasteiger partial charge on any atom is 0.233 e. The molecule has 1 aromatic carbocycles. The van der Waals surface area contributed by atoms with Gasteiger partial charge in [0.05, 0.1) is 5.39 Å². The molecule has 2 heterocycles. The van der Waals surface area contributed by atoms with Gasteiger partial charge in [0, 0.05) is 4.88 Å². The van der Waals surface area contributed by atoms with Crippen LogP contribution < -0.4 is 10.5 Å². The summed E-state index contributed by atoms with van der Waals surface area (Å²) in [6.45, 7) is 3.82. The third-order valence-corrected chi connectivity index (χ3v) is 3.74. The van der Waals surface area contributed by atoms with Gasteiger partial charge >= 0.3 is 0 Å². The van der Waals surface area contributed by atoms with Crippen LogP contribution in [0.25, 0.3) is 10.2 Å². The smallest absolute Gasteiger partial charge is 0.233 e. The largest absolute Gasteiger partial charge is 0.435 e. The molecule has 4 nitrogen and oxygen atoms in total. The third-order valence-electron chi connectivity index (χ3n) is 2.79. The summed E-state index contributed by atoms with van der Waals surface area (Å²) in [5, 5.41) is 0.739. The number of thiophene rings is 1. The lowest BCUT2D eigenvalue weighted by atomic mass is 10.2. The summed E-state index contributed by atoms with van der Waals surface area (Å²) in [4.78, 5) is 10.0. The van der Waals surface area contributed by atoms with Crippen molar-refractivity contribution in [1.82, 2.24) is 9.97 Å². The van der Waals surface area contributed by atoms with E-state index < -0.39 is 5.82 Å². The van der Waals surface area contributed by atoms with Gasteiger partial charge < -0.3 is 10.5 Å². The number of aryl methyl sites for hydroxylation is 2. The maximum atomic E-state index is 13.8. The van der Waals surface area contributed by atoms with Gasteiger partial charge in [0.15, 0.2) is 11.6 Å². The fourth-order valence-corrected chi connectivity index (χ4v) is 2.78. The molecule has 0 bridgehead atoms. The number of nitrogens with two attached hydrogens (primary N) is 1. The summed E-state index contributed by atoms with van der Waals surface area (Å²) < 4.78 is 19.4. The average Bonchev–Trinajstić information content (AvgIpc) is 2.74. The molecule has 0 fully saturated rings. The van der Waals surface area contributed by atoms with Crippen molar-refractivity contribution in [3.8, 4) is 11.6 Å². The highest BCUT2D eigenvalue weighted by Gasteiger charge is 2.13. The number of nitrogens with zero attached hydrogens (tertiary/aromatic N) is 2. The molecule has 0 radical (unpaired) electrons. The molecule has 0 amide bonds. The highest BCUT2D eigenvalue weighted by molar-refractivity contribution is 7.18. The number of hydrogen-bond acceptors (Lipinski definition) is 5. The minimum atomic E-state index is -0.437. The van der Waals surface area contributed by atoms with Gasteiger partial charge in [-0.1, -0.05) is 6.07 Å². The van der Waals surface area contributed by atoms with Crippen molar-refractivity contribution in [1.29, 1.82) is 0 Å². The molecule has 6 heteroatoms. The predicted octanol–water partition coefficient (Wildman–Crippen LogP) is 3.82. The fraction of sp³-hybridized carbons (Fsp3) is 0.143. The van der Waals surface area contributed by atoms with E-state index in [1.165, 1.54) is 17.4 Å². The number of aromatic nitrogens is 2. The SMILES string of the molecule is Cc1ccc(F)c(Oc2nc(N)nc3sc(C)cc23)c1. The highest BCUT2D eigenvalue weighted by atomic mass is 32.1. The maximum absolute atomic E-state index is 13.8. The van der Waals surface area contributed by atoms with E-state index in [0.717, 1.165) is 20.7 Å². The van der Waals surface area contributed by atoms with Crippen LogP contribution >= 0.6 is 11.3 Å². The first-order valence-corrected chi connectivity index (χ1v) is 6.82. The van der Waals surface area contributed by atoms with E-state index in [0.29, 0.717) is 0 Å². The summed E-state index contributed by atoms with van der Waals surface area (Å²) in [5.41, 5.74) is 6.57. The summed E-state index contributed by atoms with van der Waals surface area (Å²) in [7, 11) is 0. The van der Waals surface area contributed by atoms with E-state index in [1.807, 2.05) is 19.9 Å². The van der Waals surface area contributed by atoms with Crippen LogP contribution in [-0.2, 0) is 0 Å². The van der Waals surface area contributed by atoms with Crippen LogP contribution in [0.3, 0.4) is 0 Å². The first-order valence-electron chi connectivity index (χ1n) is 6.00. The topological polar surface area (TPSA) is 61.0 Å². The molecular formula is C14H12FN3OS. The van der Waals surface area contributed by atoms with Gasteiger partial charge in [-0.15, -0.1) is 11.3 Å². The van der Waals surface area contributed by atoms with Gasteiger partial charge in [0.25, 0.3) is 0 Å². The molecule has 2 N–H and O–H groups in total. The van der Waals surface area contributed by atoms with Crippen LogP contribution in [0.15, 0.2) is 24.3 Å². The van der Waals surface area contributed by atoms with Crippen LogP contribution in [0.4, 0.5) is 10.3 Å². The van der Waals surface area contributed by atoms with Crippen molar-refractivity contribution in [2.75, 3.05) is 5.73 Å². The number of rotatable bonds is 2. The molecule has 0 saturated carbocycles. The number of hydrogen-bond donors (Lipinski definition) is 1. The molecule has 0 unspecified atom stereocenters. The fourth-order valence-electron chi connectivity index (χ4n) is 1.90. The number of ether oxygens (including phenoxy) is 1. The zero-order valence-corrected chi connectivity index (χ0v) is 11.8. The quantitative estimate of drug-likeness (QED) is 0.779. The molecule has 0 aliphatic carbocycles. The van der Waals surface area contributed by atoms with Gasteiger partial charge in [-0.2, -0.15) is 4.98 Å². The van der Waals surface area contributed by atoms with Crippen LogP contribution in [-0.4, -0.2) is 9.97 Å². The van der Waals surface area contributed by atoms with Crippen molar-refractivity contribution < 1.29 is 9.13 Å². The zero-order valence-electron chi connectivity index (χ0n) is 11.0. The number of halogens is 1. The molecule has 0 atom stereocenters. The van der Waals surface area contributed by atoms with Crippen molar-refractivity contribution in [2.45, 2.75) is 13.8 Å². The van der Waals surface area contributed by atoms with E-state index in [-0.39, 0.29) is 17.6 Å². The molecule has 0 spiro atoms. The second-order valence-electron chi connectivity index (χ2n) is 4.50. The molecule has 0 saturated heterocycles. The summed E-state index contributed by atoms with van der Waals surface area (Å²) in [6.07, 6.45) is 0. The Labute approximate surface area is 119 Å². The van der Waals surface area contributed by atoms with Crippen LogP contribution in [0, 0.1) is 19.7 Å². The second kappa shape index (κ2) is 4.72. The van der Waals surface area contributed by atoms with Gasteiger partial charge in [-0.25, -0.2) is 9.37 Å². The molecular weight excluding hydrogens is 277 g/mol. The predicted molar refractivity (Wildman–Crippen MR) is 77.8 cm³/mol. The number of anilines is 1. The second-order valence-corrected chi connectivity index (χ2v) is 5.73. The molecule has 20 heavy (non-hydrogen) atoms. The van der Waals surface area contributed by atoms with E-state index in [9.17, 15) is 4.39 Å². The van der Waals surface area contributed by atoms with Gasteiger partial charge in [-0.05, 0) is 37.6 Å². The Kier molecular flexibility index (Phi) is 3.02. The van der Waals surface area contributed by atoms with Crippen LogP contribution in [0.5, 0.6) is 11.6 Å². The molecule has 0 aliphatic rings. The third kappa shape index (κ3) is 2.30. The number of benzene rings is 1. The summed E-state index contributed by atoms with van der Waals surface area (Å²) in [6, 6.07) is 6.58. The minimum Gasteiger partial charge on any atom is -0.435 e. The van der Waals surface area contributed by atoms with Crippen LogP contribution in [0.2, 0.25) is 0 Å². The average molecular weight is 289 g/mol. The molecule has 3 rings (SSSR count). The lowest BCUT2D eigenvalue weighted by molar-refractivity contribution is 0.432. The molecule has 3 aromatic rings. The Bertz CT molecular complexity index is 800. The standard InChI is InChI=1S/C14H12FN3OS/c1-7-3-4-10(15)11(5-7)19-12-9-6-8(2)20-13(9)18-14(16)17-12/h3-6H,1-2H3,(H2,16,17,18). The first-order chi connectivity index (χ1) is 9.52. The van der Waals surface area contributed by atoms with E-state index in [2.05, 4.69) is 9.97 Å². The zero-order chi connectivity index (χ0) is 14.3. The number of nitrogen functional groups attached to an aromatic ring is 1. The van der Waals surface area contributed by atoms with E-state index in [1.54, 1.807) is 12.1 Å². The Morgan fingerprint density at radius 3 is 2.80 bits per heavy atom. The lowest BCUT2D eigenvalue weighted by Gasteiger charge is -2.08. The minimum absolute atomic E-state index is 0.113. The van der Waals surface area contributed by atoms with Gasteiger partial charge in [0.1, 0.15) is 4.83 Å². The Balaban J connectivity index is 2.12. The Morgan fingerprint density at radius 2 is 2.00 bits per heavy atom. The summed E-state index contributed by atoms with van der Waals surface area (Å²) >= 11 is 1.49. The van der Waals surface area contributed by atoms with Gasteiger partial charge in [-0.3, -0.25) is 0 Å². The van der Waals surface area contributed by atoms with Crippen molar-refractivity contribution in [3.05, 3.63) is 40.5 Å². The van der Waals surface area contributed by atoms with E-state index >= 15 is 0 Å². The Morgan fingerprint density at radius 1 is 1.20 bits per heavy atom. The summed E-state index contributed by atoms with van der Waals surface area (Å²) in [5.74, 6) is 0.0879. The van der Waals surface area contributed by atoms with E-state index in [4.69, 9.17) is 10.5 Å². The molecule has 102 valence electrons. The number of fused-ring (bicyclic) bond motifs is 1. The monoisotopic (exact) mass is 289 g/mol. The van der Waals surface area contributed by atoms with Crippen molar-refractivity contribution >= 4 is 27.5 Å². The highest BCUT2D eigenvalue weighted by Crippen LogP contribution is 2.34. The molecule has 0 aliphatic heterocycles. The normalized spacial score (nSPS) is 10.9. The van der Waals surface area contributed by atoms with Gasteiger partial charge in [0.2, 0.25) is 11.8 Å². The first kappa shape index (κ1) is 12.8. The molecule has 2 aromatic heterocycles. The van der Waals surface area contributed by atoms with Crippen molar-refractivity contribution in [3.63, 3.8) is 0 Å².